The number of hydrogen-bond acceptors (Lipinski definition) is 4. The Morgan fingerprint density at radius 3 is 3.00 bits per heavy atom. The first-order valence-corrected chi connectivity index (χ1v) is 8.32. The second kappa shape index (κ2) is 5.88. The van der Waals surface area contributed by atoms with Crippen LogP contribution >= 0.6 is 0 Å². The van der Waals surface area contributed by atoms with Gasteiger partial charge in [-0.05, 0) is 37.0 Å². The normalized spacial score (nSPS) is 20.6. The summed E-state index contributed by atoms with van der Waals surface area (Å²) in [5.74, 6) is 1.00. The molecule has 5 nitrogen and oxygen atoms in total. The molecule has 2 heterocycles. The number of hydrogen-bond donors (Lipinski definition) is 1. The minimum atomic E-state index is -3.13. The molecule has 0 bridgehead atoms. The highest BCUT2D eigenvalue weighted by atomic mass is 32.2. The molecule has 19 heavy (non-hydrogen) atoms. The molecule has 1 fully saturated rings. The summed E-state index contributed by atoms with van der Waals surface area (Å²) in [6.07, 6.45) is 4.19. The van der Waals surface area contributed by atoms with Gasteiger partial charge in [-0.15, -0.1) is 0 Å². The van der Waals surface area contributed by atoms with Gasteiger partial charge in [-0.2, -0.15) is 4.31 Å². The second-order valence-corrected chi connectivity index (χ2v) is 6.85. The average Bonchev–Trinajstić information content (AvgIpc) is 2.89. The van der Waals surface area contributed by atoms with Crippen LogP contribution in [0.1, 0.15) is 37.8 Å². The highest BCUT2D eigenvalue weighted by Crippen LogP contribution is 2.34. The zero-order valence-corrected chi connectivity index (χ0v) is 12.3. The van der Waals surface area contributed by atoms with Gasteiger partial charge in [0.25, 0.3) is 0 Å². The molecule has 0 unspecified atom stereocenters. The summed E-state index contributed by atoms with van der Waals surface area (Å²) < 4.78 is 26.2. The molecule has 1 atom stereocenters. The molecule has 0 spiro atoms. The number of aromatic nitrogens is 1. The molecule has 106 valence electrons. The van der Waals surface area contributed by atoms with Gasteiger partial charge in [0.05, 0.1) is 5.75 Å². The quantitative estimate of drug-likeness (QED) is 0.898. The van der Waals surface area contributed by atoms with Crippen LogP contribution in [0.4, 0.5) is 5.82 Å². The molecule has 1 aliphatic heterocycles. The molecule has 1 N–H and O–H groups in total. The van der Waals surface area contributed by atoms with Crippen molar-refractivity contribution in [2.24, 2.45) is 0 Å². The fraction of sp³-hybridized carbons (Fsp3) is 0.615. The molecular weight excluding hydrogens is 262 g/mol. The van der Waals surface area contributed by atoms with E-state index < -0.39 is 10.0 Å². The van der Waals surface area contributed by atoms with Crippen molar-refractivity contribution in [3.63, 3.8) is 0 Å². The molecule has 0 saturated carbocycles. The van der Waals surface area contributed by atoms with Crippen LogP contribution in [0.3, 0.4) is 0 Å². The van der Waals surface area contributed by atoms with Crippen LogP contribution in [0.25, 0.3) is 0 Å². The molecule has 0 amide bonds. The Morgan fingerprint density at radius 1 is 1.53 bits per heavy atom. The monoisotopic (exact) mass is 283 g/mol. The molecule has 1 aromatic rings. The lowest BCUT2D eigenvalue weighted by Crippen LogP contribution is -2.32. The molecule has 1 aliphatic rings. The van der Waals surface area contributed by atoms with Gasteiger partial charge >= 0.3 is 0 Å². The van der Waals surface area contributed by atoms with E-state index in [1.807, 2.05) is 26.1 Å². The van der Waals surface area contributed by atoms with Gasteiger partial charge in [0, 0.05) is 25.8 Å². The minimum absolute atomic E-state index is 0.0355. The van der Waals surface area contributed by atoms with Gasteiger partial charge in [-0.25, -0.2) is 13.4 Å². The lowest BCUT2D eigenvalue weighted by atomic mass is 10.1. The molecule has 0 aliphatic carbocycles. The smallest absolute Gasteiger partial charge is 0.214 e. The van der Waals surface area contributed by atoms with E-state index in [4.69, 9.17) is 0 Å². The van der Waals surface area contributed by atoms with Crippen LogP contribution in [-0.4, -0.2) is 37.1 Å². The van der Waals surface area contributed by atoms with Crippen molar-refractivity contribution in [1.82, 2.24) is 9.29 Å². The van der Waals surface area contributed by atoms with E-state index in [2.05, 4.69) is 10.3 Å². The Labute approximate surface area is 115 Å². The highest BCUT2D eigenvalue weighted by molar-refractivity contribution is 7.89. The third kappa shape index (κ3) is 3.06. The summed E-state index contributed by atoms with van der Waals surface area (Å²) in [5, 5.41) is 2.99. The van der Waals surface area contributed by atoms with Gasteiger partial charge in [0.1, 0.15) is 5.82 Å². The first-order chi connectivity index (χ1) is 9.08. The number of sulfonamides is 1. The molecule has 1 aromatic heterocycles. The lowest BCUT2D eigenvalue weighted by Gasteiger charge is -2.24. The van der Waals surface area contributed by atoms with Crippen molar-refractivity contribution in [2.45, 2.75) is 32.2 Å². The van der Waals surface area contributed by atoms with Crippen LogP contribution in [0.2, 0.25) is 0 Å². The Morgan fingerprint density at radius 2 is 2.32 bits per heavy atom. The highest BCUT2D eigenvalue weighted by Gasteiger charge is 2.34. The summed E-state index contributed by atoms with van der Waals surface area (Å²) in [6, 6.07) is 3.81. The van der Waals surface area contributed by atoms with E-state index >= 15 is 0 Å². The fourth-order valence-electron chi connectivity index (χ4n) is 2.57. The summed E-state index contributed by atoms with van der Waals surface area (Å²) >= 11 is 0. The predicted molar refractivity (Wildman–Crippen MR) is 76.5 cm³/mol. The van der Waals surface area contributed by atoms with Gasteiger partial charge in [-0.1, -0.05) is 6.92 Å². The van der Waals surface area contributed by atoms with Crippen molar-refractivity contribution in [3.8, 4) is 0 Å². The van der Waals surface area contributed by atoms with Crippen molar-refractivity contribution >= 4 is 15.8 Å². The number of nitrogens with zero attached hydrogens (tertiary/aromatic N) is 2. The maximum atomic E-state index is 12.3. The summed E-state index contributed by atoms with van der Waals surface area (Å²) in [5.41, 5.74) is 1.02. The number of anilines is 1. The third-order valence-corrected chi connectivity index (χ3v) is 5.52. The van der Waals surface area contributed by atoms with E-state index in [0.717, 1.165) is 24.2 Å². The summed E-state index contributed by atoms with van der Waals surface area (Å²) in [6.45, 7) is 2.53. The van der Waals surface area contributed by atoms with Gasteiger partial charge < -0.3 is 5.32 Å². The van der Waals surface area contributed by atoms with Gasteiger partial charge in [-0.3, -0.25) is 0 Å². The second-order valence-electron chi connectivity index (χ2n) is 4.81. The topological polar surface area (TPSA) is 62.3 Å². The molecule has 0 aromatic carbocycles. The van der Waals surface area contributed by atoms with E-state index in [9.17, 15) is 8.42 Å². The van der Waals surface area contributed by atoms with Crippen molar-refractivity contribution in [3.05, 3.63) is 23.9 Å². The van der Waals surface area contributed by atoms with Gasteiger partial charge in [0.2, 0.25) is 10.0 Å². The SMILES string of the molecule is CCCS(=O)(=O)N1CCC[C@H]1c1ccnc(NC)c1. The maximum Gasteiger partial charge on any atom is 0.214 e. The van der Waals surface area contributed by atoms with Crippen LogP contribution in [-0.2, 0) is 10.0 Å². The predicted octanol–water partition coefficient (Wildman–Crippen LogP) is 2.00. The number of nitrogens with one attached hydrogen (secondary N) is 1. The first kappa shape index (κ1) is 14.3. The molecule has 1 saturated heterocycles. The zero-order valence-electron chi connectivity index (χ0n) is 11.5. The van der Waals surface area contributed by atoms with Gasteiger partial charge in [0.15, 0.2) is 0 Å². The summed E-state index contributed by atoms with van der Waals surface area (Å²) in [7, 11) is -1.32. The first-order valence-electron chi connectivity index (χ1n) is 6.71. The molecule has 0 radical (unpaired) electrons. The third-order valence-electron chi connectivity index (χ3n) is 3.45. The van der Waals surface area contributed by atoms with Crippen molar-refractivity contribution < 1.29 is 8.42 Å². The Bertz CT molecular complexity index is 530. The zero-order chi connectivity index (χ0) is 13.9. The Hall–Kier alpha value is -1.14. The van der Waals surface area contributed by atoms with Crippen LogP contribution in [0, 0.1) is 0 Å². The average molecular weight is 283 g/mol. The molecule has 6 heteroatoms. The standard InChI is InChI=1S/C13H21N3O2S/c1-3-9-19(17,18)16-8-4-5-12(16)11-6-7-15-13(10-11)14-2/h6-7,10,12H,3-5,8-9H2,1-2H3,(H,14,15)/t12-/m0/s1. The molecule has 2 rings (SSSR count). The van der Waals surface area contributed by atoms with E-state index in [1.165, 1.54) is 0 Å². The van der Waals surface area contributed by atoms with Crippen LogP contribution < -0.4 is 5.32 Å². The van der Waals surface area contributed by atoms with E-state index in [-0.39, 0.29) is 11.8 Å². The maximum absolute atomic E-state index is 12.3. The largest absolute Gasteiger partial charge is 0.373 e. The summed E-state index contributed by atoms with van der Waals surface area (Å²) in [4.78, 5) is 4.17. The fourth-order valence-corrected chi connectivity index (χ4v) is 4.34. The van der Waals surface area contributed by atoms with Crippen molar-refractivity contribution in [2.75, 3.05) is 24.7 Å². The number of pyridine rings is 1. The molecular formula is C13H21N3O2S. The lowest BCUT2D eigenvalue weighted by molar-refractivity contribution is 0.396. The van der Waals surface area contributed by atoms with E-state index in [1.54, 1.807) is 10.5 Å². The van der Waals surface area contributed by atoms with Crippen LogP contribution in [0.15, 0.2) is 18.3 Å². The Kier molecular flexibility index (Phi) is 4.42. The number of rotatable bonds is 5. The minimum Gasteiger partial charge on any atom is -0.373 e. The Balaban J connectivity index is 2.28. The van der Waals surface area contributed by atoms with Crippen molar-refractivity contribution in [1.29, 1.82) is 0 Å². The van der Waals surface area contributed by atoms with Crippen LogP contribution in [0.5, 0.6) is 0 Å². The van der Waals surface area contributed by atoms with E-state index in [0.29, 0.717) is 13.0 Å².